The van der Waals surface area contributed by atoms with E-state index in [1.165, 1.54) is 4.90 Å². The zero-order chi connectivity index (χ0) is 19.7. The van der Waals surface area contributed by atoms with Crippen LogP contribution in [0.25, 0.3) is 0 Å². The molecule has 0 atom stereocenters. The molecule has 142 valence electrons. The average Bonchev–Trinajstić information content (AvgIpc) is 3.27. The number of anilines is 1. The molecule has 3 heterocycles. The lowest BCUT2D eigenvalue weighted by Gasteiger charge is -2.07. The SMILES string of the molecule is Cc1cc(C)n(Cc2ccc(C(=O)Nc3nc(C)c(C(=O)N(C)C)s3)o2)n1. The minimum absolute atomic E-state index is 0.143. The third-order valence-electron chi connectivity index (χ3n) is 3.91. The number of carbonyl (C=O) groups excluding carboxylic acids is 2. The molecule has 0 radical (unpaired) electrons. The third-order valence-corrected chi connectivity index (χ3v) is 4.97. The molecule has 0 aliphatic rings. The van der Waals surface area contributed by atoms with Crippen molar-refractivity contribution in [1.82, 2.24) is 19.7 Å². The smallest absolute Gasteiger partial charge is 0.293 e. The number of aryl methyl sites for hydroxylation is 3. The summed E-state index contributed by atoms with van der Waals surface area (Å²) in [6.07, 6.45) is 0. The van der Waals surface area contributed by atoms with Gasteiger partial charge in [-0.2, -0.15) is 5.10 Å². The molecule has 3 rings (SSSR count). The molecule has 0 unspecified atom stereocenters. The van der Waals surface area contributed by atoms with Crippen molar-refractivity contribution in [3.63, 3.8) is 0 Å². The molecule has 8 nitrogen and oxygen atoms in total. The fourth-order valence-electron chi connectivity index (χ4n) is 2.58. The van der Waals surface area contributed by atoms with Crippen LogP contribution in [0.5, 0.6) is 0 Å². The predicted octanol–water partition coefficient (Wildman–Crippen LogP) is 2.86. The second kappa shape index (κ2) is 7.36. The number of aromatic nitrogens is 3. The molecule has 3 aromatic rings. The molecule has 0 spiro atoms. The van der Waals surface area contributed by atoms with Crippen molar-refractivity contribution in [2.75, 3.05) is 19.4 Å². The molecule has 0 bridgehead atoms. The molecular formula is C18H21N5O3S. The fraction of sp³-hybridized carbons (Fsp3) is 0.333. The van der Waals surface area contributed by atoms with Gasteiger partial charge in [0.1, 0.15) is 10.6 Å². The van der Waals surface area contributed by atoms with Crippen LogP contribution in [0.1, 0.15) is 43.1 Å². The zero-order valence-corrected chi connectivity index (χ0v) is 16.7. The van der Waals surface area contributed by atoms with Crippen LogP contribution in [0.2, 0.25) is 0 Å². The van der Waals surface area contributed by atoms with E-state index in [1.54, 1.807) is 33.2 Å². The van der Waals surface area contributed by atoms with Gasteiger partial charge >= 0.3 is 0 Å². The number of amides is 2. The van der Waals surface area contributed by atoms with Crippen LogP contribution in [0, 0.1) is 20.8 Å². The summed E-state index contributed by atoms with van der Waals surface area (Å²) in [5.41, 5.74) is 2.53. The molecule has 1 N–H and O–H groups in total. The van der Waals surface area contributed by atoms with E-state index in [0.717, 1.165) is 22.7 Å². The molecule has 0 aromatic carbocycles. The first-order valence-corrected chi connectivity index (χ1v) is 9.16. The van der Waals surface area contributed by atoms with Gasteiger partial charge in [-0.1, -0.05) is 11.3 Å². The predicted molar refractivity (Wildman–Crippen MR) is 102 cm³/mol. The first-order chi connectivity index (χ1) is 12.7. The molecule has 2 amide bonds. The summed E-state index contributed by atoms with van der Waals surface area (Å²) < 4.78 is 7.46. The van der Waals surface area contributed by atoms with Crippen LogP contribution in [0.15, 0.2) is 22.6 Å². The van der Waals surface area contributed by atoms with Crippen molar-refractivity contribution in [3.05, 3.63) is 51.7 Å². The normalized spacial score (nSPS) is 10.9. The first kappa shape index (κ1) is 18.8. The van der Waals surface area contributed by atoms with E-state index in [1.807, 2.05) is 24.6 Å². The van der Waals surface area contributed by atoms with Crippen molar-refractivity contribution in [2.24, 2.45) is 0 Å². The lowest BCUT2D eigenvalue weighted by molar-refractivity contribution is 0.0831. The Hall–Kier alpha value is -2.94. The number of hydrogen-bond donors (Lipinski definition) is 1. The van der Waals surface area contributed by atoms with Crippen molar-refractivity contribution in [2.45, 2.75) is 27.3 Å². The van der Waals surface area contributed by atoms with Crippen LogP contribution >= 0.6 is 11.3 Å². The van der Waals surface area contributed by atoms with E-state index in [4.69, 9.17) is 4.42 Å². The Labute approximate surface area is 160 Å². The summed E-state index contributed by atoms with van der Waals surface area (Å²) in [4.78, 5) is 30.7. The lowest BCUT2D eigenvalue weighted by Crippen LogP contribution is -2.21. The van der Waals surface area contributed by atoms with E-state index in [9.17, 15) is 9.59 Å². The van der Waals surface area contributed by atoms with Gasteiger partial charge in [0.15, 0.2) is 10.9 Å². The van der Waals surface area contributed by atoms with E-state index in [2.05, 4.69) is 15.4 Å². The Morgan fingerprint density at radius 3 is 2.63 bits per heavy atom. The molecule has 0 saturated carbocycles. The maximum atomic E-state index is 12.4. The van der Waals surface area contributed by atoms with Crippen LogP contribution in [0.3, 0.4) is 0 Å². The summed E-state index contributed by atoms with van der Waals surface area (Å²) in [5, 5.41) is 7.43. The monoisotopic (exact) mass is 387 g/mol. The highest BCUT2D eigenvalue weighted by Crippen LogP contribution is 2.24. The Morgan fingerprint density at radius 1 is 1.26 bits per heavy atom. The topological polar surface area (TPSA) is 93.3 Å². The second-order valence-electron chi connectivity index (χ2n) is 6.44. The van der Waals surface area contributed by atoms with Crippen molar-refractivity contribution in [1.29, 1.82) is 0 Å². The number of nitrogens with one attached hydrogen (secondary N) is 1. The van der Waals surface area contributed by atoms with Gasteiger partial charge in [-0.3, -0.25) is 19.6 Å². The van der Waals surface area contributed by atoms with Gasteiger partial charge in [-0.25, -0.2) is 4.98 Å². The van der Waals surface area contributed by atoms with Crippen LogP contribution in [-0.2, 0) is 6.54 Å². The number of rotatable bonds is 5. The van der Waals surface area contributed by atoms with Crippen LogP contribution < -0.4 is 5.32 Å². The number of furan rings is 1. The summed E-state index contributed by atoms with van der Waals surface area (Å²) in [5.74, 6) is 0.257. The summed E-state index contributed by atoms with van der Waals surface area (Å²) in [6.45, 7) is 6.08. The highest BCUT2D eigenvalue weighted by molar-refractivity contribution is 7.17. The van der Waals surface area contributed by atoms with Crippen molar-refractivity contribution in [3.8, 4) is 0 Å². The number of carbonyl (C=O) groups is 2. The van der Waals surface area contributed by atoms with E-state index in [-0.39, 0.29) is 11.7 Å². The number of hydrogen-bond acceptors (Lipinski definition) is 6. The van der Waals surface area contributed by atoms with E-state index >= 15 is 0 Å². The maximum Gasteiger partial charge on any atom is 0.293 e. The zero-order valence-electron chi connectivity index (χ0n) is 15.9. The summed E-state index contributed by atoms with van der Waals surface area (Å²) in [7, 11) is 3.35. The second-order valence-corrected chi connectivity index (χ2v) is 7.44. The molecule has 0 aliphatic heterocycles. The molecule has 0 saturated heterocycles. The first-order valence-electron chi connectivity index (χ1n) is 8.35. The van der Waals surface area contributed by atoms with Gasteiger partial charge in [-0.15, -0.1) is 0 Å². The highest BCUT2D eigenvalue weighted by Gasteiger charge is 2.19. The van der Waals surface area contributed by atoms with Crippen LogP contribution in [0.4, 0.5) is 5.13 Å². The number of thiazole rings is 1. The minimum atomic E-state index is -0.410. The van der Waals surface area contributed by atoms with Crippen molar-refractivity contribution < 1.29 is 14.0 Å². The van der Waals surface area contributed by atoms with Gasteiger partial charge in [-0.05, 0) is 39.0 Å². The number of nitrogens with zero attached hydrogens (tertiary/aromatic N) is 4. The summed E-state index contributed by atoms with van der Waals surface area (Å²) in [6, 6.07) is 5.34. The quantitative estimate of drug-likeness (QED) is 0.727. The lowest BCUT2D eigenvalue weighted by atomic mass is 10.3. The van der Waals surface area contributed by atoms with Gasteiger partial charge < -0.3 is 9.32 Å². The van der Waals surface area contributed by atoms with Gasteiger partial charge in [0.2, 0.25) is 0 Å². The third kappa shape index (κ3) is 4.08. The average molecular weight is 387 g/mol. The molecule has 0 fully saturated rings. The molecule has 0 aliphatic carbocycles. The Balaban J connectivity index is 1.70. The Bertz CT molecular complexity index is 999. The van der Waals surface area contributed by atoms with E-state index < -0.39 is 5.91 Å². The van der Waals surface area contributed by atoms with E-state index in [0.29, 0.717) is 28.0 Å². The molecule has 9 heteroatoms. The van der Waals surface area contributed by atoms with Gasteiger partial charge in [0.25, 0.3) is 11.8 Å². The molecular weight excluding hydrogens is 366 g/mol. The van der Waals surface area contributed by atoms with Gasteiger partial charge in [0.05, 0.1) is 17.9 Å². The minimum Gasteiger partial charge on any atom is -0.454 e. The summed E-state index contributed by atoms with van der Waals surface area (Å²) >= 11 is 1.14. The standard InChI is InChI=1S/C18H21N5O3S/c1-10-8-11(2)23(21-10)9-13-6-7-14(26-13)16(24)20-18-19-12(3)15(27-18)17(25)22(4)5/h6-8H,9H2,1-5H3,(H,19,20,24). The Morgan fingerprint density at radius 2 is 2.00 bits per heavy atom. The fourth-order valence-corrected chi connectivity index (χ4v) is 3.56. The highest BCUT2D eigenvalue weighted by atomic mass is 32.1. The van der Waals surface area contributed by atoms with Crippen molar-refractivity contribution >= 4 is 28.3 Å². The van der Waals surface area contributed by atoms with Crippen LogP contribution in [-0.4, -0.2) is 45.6 Å². The Kier molecular flexibility index (Phi) is 5.13. The molecule has 3 aromatic heterocycles. The largest absolute Gasteiger partial charge is 0.454 e. The molecule has 27 heavy (non-hydrogen) atoms. The van der Waals surface area contributed by atoms with Gasteiger partial charge in [0, 0.05) is 19.8 Å². The maximum absolute atomic E-state index is 12.4.